The van der Waals surface area contributed by atoms with Crippen LogP contribution in [0.5, 0.6) is 0 Å². The second-order valence-electron chi connectivity index (χ2n) is 5.23. The predicted molar refractivity (Wildman–Crippen MR) is 85.5 cm³/mol. The van der Waals surface area contributed by atoms with Crippen molar-refractivity contribution < 1.29 is 9.59 Å². The number of piperazine rings is 1. The SMILES string of the molecule is O=C1NCCN(C(=O)CC2CSCCN2)C1c1cccs1. The summed E-state index contributed by atoms with van der Waals surface area (Å²) in [6, 6.07) is 3.62. The van der Waals surface area contributed by atoms with Crippen molar-refractivity contribution in [3.8, 4) is 0 Å². The van der Waals surface area contributed by atoms with E-state index in [2.05, 4.69) is 10.6 Å². The molecule has 2 fully saturated rings. The van der Waals surface area contributed by atoms with Crippen LogP contribution in [0.2, 0.25) is 0 Å². The normalized spacial score (nSPS) is 26.5. The average molecular weight is 325 g/mol. The van der Waals surface area contributed by atoms with E-state index in [1.807, 2.05) is 29.3 Å². The minimum atomic E-state index is -0.456. The lowest BCUT2D eigenvalue weighted by Crippen LogP contribution is -2.53. The number of rotatable bonds is 3. The van der Waals surface area contributed by atoms with Crippen molar-refractivity contribution in [2.45, 2.75) is 18.5 Å². The monoisotopic (exact) mass is 325 g/mol. The molecule has 1 aromatic heterocycles. The van der Waals surface area contributed by atoms with Crippen molar-refractivity contribution in [1.82, 2.24) is 15.5 Å². The molecule has 3 rings (SSSR count). The molecule has 0 aromatic carbocycles. The van der Waals surface area contributed by atoms with Crippen LogP contribution in [0.4, 0.5) is 0 Å². The van der Waals surface area contributed by atoms with E-state index in [1.165, 1.54) is 11.3 Å². The highest BCUT2D eigenvalue weighted by Gasteiger charge is 2.35. The van der Waals surface area contributed by atoms with Gasteiger partial charge < -0.3 is 15.5 Å². The third-order valence-electron chi connectivity index (χ3n) is 3.76. The molecule has 7 heteroatoms. The number of hydrogen-bond acceptors (Lipinski definition) is 5. The Labute approximate surface area is 132 Å². The summed E-state index contributed by atoms with van der Waals surface area (Å²) in [6.07, 6.45) is 0.474. The van der Waals surface area contributed by atoms with Crippen LogP contribution in [0.15, 0.2) is 17.5 Å². The highest BCUT2D eigenvalue weighted by Crippen LogP contribution is 2.28. The molecule has 2 unspecified atom stereocenters. The summed E-state index contributed by atoms with van der Waals surface area (Å²) in [5.74, 6) is 2.08. The zero-order valence-electron chi connectivity index (χ0n) is 11.7. The number of carbonyl (C=O) groups is 2. The lowest BCUT2D eigenvalue weighted by Gasteiger charge is -2.35. The van der Waals surface area contributed by atoms with Crippen molar-refractivity contribution in [2.75, 3.05) is 31.1 Å². The molecule has 5 nitrogen and oxygen atoms in total. The standard InChI is InChI=1S/C14H19N3O2S2/c18-12(8-10-9-20-7-4-15-10)17-5-3-16-14(19)13(17)11-2-1-6-21-11/h1-2,6,10,13,15H,3-5,7-9H2,(H,16,19). The fraction of sp³-hybridized carbons (Fsp3) is 0.571. The van der Waals surface area contributed by atoms with Crippen LogP contribution >= 0.6 is 23.1 Å². The maximum Gasteiger partial charge on any atom is 0.248 e. The van der Waals surface area contributed by atoms with Crippen molar-refractivity contribution in [3.63, 3.8) is 0 Å². The quantitative estimate of drug-likeness (QED) is 0.865. The number of hydrogen-bond donors (Lipinski definition) is 2. The fourth-order valence-corrected chi connectivity index (χ4v) is 4.53. The average Bonchev–Trinajstić information content (AvgIpc) is 3.02. The third-order valence-corrected chi connectivity index (χ3v) is 5.82. The summed E-state index contributed by atoms with van der Waals surface area (Å²) in [6.45, 7) is 2.09. The zero-order chi connectivity index (χ0) is 14.7. The maximum absolute atomic E-state index is 12.6. The largest absolute Gasteiger partial charge is 0.352 e. The molecule has 2 aliphatic rings. The first-order chi connectivity index (χ1) is 10.3. The second-order valence-corrected chi connectivity index (χ2v) is 7.36. The third kappa shape index (κ3) is 3.41. The summed E-state index contributed by atoms with van der Waals surface area (Å²) < 4.78 is 0. The van der Waals surface area contributed by atoms with E-state index in [1.54, 1.807) is 4.90 Å². The van der Waals surface area contributed by atoms with Gasteiger partial charge in [-0.15, -0.1) is 11.3 Å². The Kier molecular flexibility index (Phi) is 4.82. The van der Waals surface area contributed by atoms with Gasteiger partial charge in [0.25, 0.3) is 0 Å². The van der Waals surface area contributed by atoms with Gasteiger partial charge in [-0.2, -0.15) is 11.8 Å². The van der Waals surface area contributed by atoms with Gasteiger partial charge in [0.2, 0.25) is 11.8 Å². The Bertz CT molecular complexity index is 500. The lowest BCUT2D eigenvalue weighted by atomic mass is 10.1. The Balaban J connectivity index is 1.71. The molecule has 0 spiro atoms. The molecule has 2 atom stereocenters. The lowest BCUT2D eigenvalue weighted by molar-refractivity contribution is -0.143. The van der Waals surface area contributed by atoms with Crippen LogP contribution in [0.25, 0.3) is 0 Å². The number of nitrogens with one attached hydrogen (secondary N) is 2. The molecule has 1 aromatic rings. The smallest absolute Gasteiger partial charge is 0.248 e. The summed E-state index contributed by atoms with van der Waals surface area (Å²) in [5.41, 5.74) is 0. The molecule has 2 N–H and O–H groups in total. The summed E-state index contributed by atoms with van der Waals surface area (Å²) >= 11 is 3.41. The van der Waals surface area contributed by atoms with Crippen LogP contribution in [-0.2, 0) is 9.59 Å². The van der Waals surface area contributed by atoms with Crippen molar-refractivity contribution >= 4 is 34.9 Å². The molecule has 2 saturated heterocycles. The van der Waals surface area contributed by atoms with Gasteiger partial charge in [-0.1, -0.05) is 6.07 Å². The van der Waals surface area contributed by atoms with E-state index in [0.717, 1.165) is 22.9 Å². The minimum Gasteiger partial charge on any atom is -0.352 e. The first-order valence-corrected chi connectivity index (χ1v) is 9.21. The number of nitrogens with zero attached hydrogens (tertiary/aromatic N) is 1. The van der Waals surface area contributed by atoms with Gasteiger partial charge >= 0.3 is 0 Å². The molecule has 0 radical (unpaired) electrons. The molecule has 0 bridgehead atoms. The van der Waals surface area contributed by atoms with E-state index < -0.39 is 6.04 Å². The number of amides is 2. The Morgan fingerprint density at radius 2 is 2.33 bits per heavy atom. The predicted octanol–water partition coefficient (Wildman–Crippen LogP) is 0.843. The van der Waals surface area contributed by atoms with Gasteiger partial charge in [-0.05, 0) is 11.4 Å². The Morgan fingerprint density at radius 3 is 3.05 bits per heavy atom. The molecule has 2 amide bonds. The van der Waals surface area contributed by atoms with Crippen molar-refractivity contribution in [2.24, 2.45) is 0 Å². The zero-order valence-corrected chi connectivity index (χ0v) is 13.3. The van der Waals surface area contributed by atoms with Gasteiger partial charge in [0.1, 0.15) is 6.04 Å². The van der Waals surface area contributed by atoms with Gasteiger partial charge in [0.15, 0.2) is 0 Å². The van der Waals surface area contributed by atoms with Gasteiger partial charge in [0.05, 0.1) is 0 Å². The molecule has 0 aliphatic carbocycles. The fourth-order valence-electron chi connectivity index (χ4n) is 2.74. The summed E-state index contributed by atoms with van der Waals surface area (Å²) in [7, 11) is 0. The highest BCUT2D eigenvalue weighted by molar-refractivity contribution is 7.99. The van der Waals surface area contributed by atoms with Crippen LogP contribution < -0.4 is 10.6 Å². The van der Waals surface area contributed by atoms with E-state index in [-0.39, 0.29) is 17.9 Å². The van der Waals surface area contributed by atoms with Crippen LogP contribution in [0.1, 0.15) is 17.3 Å². The van der Waals surface area contributed by atoms with Crippen LogP contribution in [0.3, 0.4) is 0 Å². The molecule has 2 aliphatic heterocycles. The summed E-state index contributed by atoms with van der Waals surface area (Å²) in [5, 5.41) is 8.19. The Morgan fingerprint density at radius 1 is 1.43 bits per heavy atom. The van der Waals surface area contributed by atoms with E-state index in [9.17, 15) is 9.59 Å². The molecule has 114 valence electrons. The molecule has 21 heavy (non-hydrogen) atoms. The van der Waals surface area contributed by atoms with Crippen LogP contribution in [0, 0.1) is 0 Å². The van der Waals surface area contributed by atoms with E-state index in [0.29, 0.717) is 19.5 Å². The minimum absolute atomic E-state index is 0.0666. The topological polar surface area (TPSA) is 61.4 Å². The van der Waals surface area contributed by atoms with E-state index in [4.69, 9.17) is 0 Å². The Hall–Kier alpha value is -1.05. The van der Waals surface area contributed by atoms with Crippen molar-refractivity contribution in [1.29, 1.82) is 0 Å². The highest BCUT2D eigenvalue weighted by atomic mass is 32.2. The molecule has 0 saturated carbocycles. The molecular formula is C14H19N3O2S2. The second kappa shape index (κ2) is 6.81. The van der Waals surface area contributed by atoms with Gasteiger partial charge in [0, 0.05) is 48.5 Å². The van der Waals surface area contributed by atoms with Gasteiger partial charge in [-0.25, -0.2) is 0 Å². The first kappa shape index (κ1) is 14.9. The van der Waals surface area contributed by atoms with Gasteiger partial charge in [-0.3, -0.25) is 9.59 Å². The van der Waals surface area contributed by atoms with E-state index >= 15 is 0 Å². The first-order valence-electron chi connectivity index (χ1n) is 7.17. The molecule has 3 heterocycles. The molecular weight excluding hydrogens is 306 g/mol. The van der Waals surface area contributed by atoms with Crippen molar-refractivity contribution in [3.05, 3.63) is 22.4 Å². The number of thiophene rings is 1. The van der Waals surface area contributed by atoms with Crippen LogP contribution in [-0.4, -0.2) is 53.9 Å². The number of carbonyl (C=O) groups excluding carboxylic acids is 2. The number of thioether (sulfide) groups is 1. The maximum atomic E-state index is 12.6. The summed E-state index contributed by atoms with van der Waals surface area (Å²) in [4.78, 5) is 27.5.